The van der Waals surface area contributed by atoms with Gasteiger partial charge in [-0.25, -0.2) is 13.1 Å². The Labute approximate surface area is 122 Å². The SMILES string of the molecule is CCOC(C)CNS(=O)(=O)c1ccc(Cl)c([N+](=O)[O-])c1. The number of nitrogens with zero attached hydrogens (tertiary/aromatic N) is 1. The van der Waals surface area contributed by atoms with Gasteiger partial charge in [-0.2, -0.15) is 0 Å². The number of benzene rings is 1. The lowest BCUT2D eigenvalue weighted by Gasteiger charge is -2.13. The van der Waals surface area contributed by atoms with Gasteiger partial charge in [0.05, 0.1) is 15.9 Å². The number of rotatable bonds is 7. The molecule has 1 atom stereocenters. The third kappa shape index (κ3) is 4.41. The van der Waals surface area contributed by atoms with Gasteiger partial charge < -0.3 is 4.74 Å². The van der Waals surface area contributed by atoms with Crippen LogP contribution in [0.4, 0.5) is 5.69 Å². The van der Waals surface area contributed by atoms with E-state index in [2.05, 4.69) is 4.72 Å². The minimum absolute atomic E-state index is 0.0760. The second kappa shape index (κ2) is 6.98. The molecule has 0 fully saturated rings. The topological polar surface area (TPSA) is 98.5 Å². The summed E-state index contributed by atoms with van der Waals surface area (Å²) in [5.41, 5.74) is -0.451. The van der Waals surface area contributed by atoms with Crippen molar-refractivity contribution in [3.8, 4) is 0 Å². The third-order valence-electron chi connectivity index (χ3n) is 2.44. The molecule has 0 aromatic heterocycles. The van der Waals surface area contributed by atoms with Gasteiger partial charge >= 0.3 is 0 Å². The molecule has 112 valence electrons. The van der Waals surface area contributed by atoms with Crippen LogP contribution in [0, 0.1) is 10.1 Å². The summed E-state index contributed by atoms with van der Waals surface area (Å²) in [5, 5.41) is 10.6. The van der Waals surface area contributed by atoms with E-state index in [0.29, 0.717) is 6.61 Å². The second-order valence-electron chi connectivity index (χ2n) is 3.99. The normalized spacial score (nSPS) is 13.2. The first-order valence-electron chi connectivity index (χ1n) is 5.83. The van der Waals surface area contributed by atoms with Crippen LogP contribution in [0.2, 0.25) is 5.02 Å². The Kier molecular flexibility index (Phi) is 5.88. The van der Waals surface area contributed by atoms with Crippen molar-refractivity contribution in [1.82, 2.24) is 4.72 Å². The molecule has 1 aromatic carbocycles. The molecule has 0 radical (unpaired) electrons. The van der Waals surface area contributed by atoms with E-state index in [0.717, 1.165) is 6.07 Å². The maximum atomic E-state index is 12.0. The number of nitro groups is 1. The number of ether oxygens (including phenoxy) is 1. The number of halogens is 1. The first-order chi connectivity index (χ1) is 9.27. The van der Waals surface area contributed by atoms with E-state index in [1.54, 1.807) is 13.8 Å². The van der Waals surface area contributed by atoms with Gasteiger partial charge in [-0.3, -0.25) is 10.1 Å². The van der Waals surface area contributed by atoms with Gasteiger partial charge in [0, 0.05) is 19.2 Å². The predicted octanol–water partition coefficient (Wildman–Crippen LogP) is 1.95. The zero-order valence-corrected chi connectivity index (χ0v) is 12.6. The quantitative estimate of drug-likeness (QED) is 0.611. The summed E-state index contributed by atoms with van der Waals surface area (Å²) in [4.78, 5) is 9.80. The molecule has 1 rings (SSSR count). The lowest BCUT2D eigenvalue weighted by molar-refractivity contribution is -0.384. The highest BCUT2D eigenvalue weighted by Gasteiger charge is 2.21. The Hall–Kier alpha value is -1.22. The molecule has 20 heavy (non-hydrogen) atoms. The minimum atomic E-state index is -3.84. The summed E-state index contributed by atoms with van der Waals surface area (Å²) >= 11 is 5.63. The highest BCUT2D eigenvalue weighted by molar-refractivity contribution is 7.89. The average Bonchev–Trinajstić information content (AvgIpc) is 2.37. The van der Waals surface area contributed by atoms with Gasteiger partial charge in [0.2, 0.25) is 10.0 Å². The van der Waals surface area contributed by atoms with Crippen molar-refractivity contribution in [1.29, 1.82) is 0 Å². The summed E-state index contributed by atoms with van der Waals surface area (Å²) in [7, 11) is -3.84. The molecule has 0 saturated carbocycles. The lowest BCUT2D eigenvalue weighted by atomic mass is 10.3. The van der Waals surface area contributed by atoms with Crippen molar-refractivity contribution in [2.24, 2.45) is 0 Å². The summed E-state index contributed by atoms with van der Waals surface area (Å²) in [6.07, 6.45) is -0.294. The van der Waals surface area contributed by atoms with Crippen molar-refractivity contribution < 1.29 is 18.1 Å². The molecule has 7 nitrogen and oxygen atoms in total. The fourth-order valence-electron chi connectivity index (χ4n) is 1.45. The van der Waals surface area contributed by atoms with Crippen LogP contribution < -0.4 is 4.72 Å². The van der Waals surface area contributed by atoms with Gasteiger partial charge in [-0.1, -0.05) is 11.6 Å². The van der Waals surface area contributed by atoms with Crippen molar-refractivity contribution in [3.63, 3.8) is 0 Å². The highest BCUT2D eigenvalue weighted by Crippen LogP contribution is 2.26. The molecule has 9 heteroatoms. The Morgan fingerprint density at radius 1 is 1.50 bits per heavy atom. The zero-order chi connectivity index (χ0) is 15.3. The largest absolute Gasteiger partial charge is 0.377 e. The van der Waals surface area contributed by atoms with Gasteiger partial charge in [0.25, 0.3) is 5.69 Å². The molecular formula is C11H15ClN2O5S. The molecule has 0 heterocycles. The van der Waals surface area contributed by atoms with E-state index in [-0.39, 0.29) is 22.6 Å². The van der Waals surface area contributed by atoms with Crippen LogP contribution in [0.5, 0.6) is 0 Å². The van der Waals surface area contributed by atoms with Crippen LogP contribution in [-0.2, 0) is 14.8 Å². The van der Waals surface area contributed by atoms with E-state index >= 15 is 0 Å². The zero-order valence-electron chi connectivity index (χ0n) is 11.0. The molecule has 0 bridgehead atoms. The standard InChI is InChI=1S/C11H15ClN2O5S/c1-3-19-8(2)7-13-20(17,18)9-4-5-10(12)11(6-9)14(15)16/h4-6,8,13H,3,7H2,1-2H3. The number of nitrogens with one attached hydrogen (secondary N) is 1. The van der Waals surface area contributed by atoms with Crippen molar-refractivity contribution in [2.45, 2.75) is 24.8 Å². The molecular weight excluding hydrogens is 308 g/mol. The Morgan fingerprint density at radius 3 is 2.70 bits per heavy atom. The molecule has 0 amide bonds. The Balaban J connectivity index is 2.93. The first kappa shape index (κ1) is 16.8. The van der Waals surface area contributed by atoms with E-state index in [4.69, 9.17) is 16.3 Å². The summed E-state index contributed by atoms with van der Waals surface area (Å²) in [6, 6.07) is 3.32. The van der Waals surface area contributed by atoms with E-state index in [9.17, 15) is 18.5 Å². The smallest absolute Gasteiger partial charge is 0.289 e. The van der Waals surface area contributed by atoms with Gasteiger partial charge in [0.1, 0.15) is 5.02 Å². The second-order valence-corrected chi connectivity index (χ2v) is 6.16. The Morgan fingerprint density at radius 2 is 2.15 bits per heavy atom. The molecule has 1 aromatic rings. The minimum Gasteiger partial charge on any atom is -0.377 e. The van der Waals surface area contributed by atoms with Crippen LogP contribution in [0.1, 0.15) is 13.8 Å². The summed E-state index contributed by atoms with van der Waals surface area (Å²) in [6.45, 7) is 4.06. The number of hydrogen-bond acceptors (Lipinski definition) is 5. The van der Waals surface area contributed by atoms with Crippen LogP contribution in [-0.4, -0.2) is 32.6 Å². The van der Waals surface area contributed by atoms with Gasteiger partial charge in [0.15, 0.2) is 0 Å². The molecule has 1 unspecified atom stereocenters. The van der Waals surface area contributed by atoms with Crippen LogP contribution >= 0.6 is 11.6 Å². The molecule has 0 aliphatic rings. The van der Waals surface area contributed by atoms with Crippen LogP contribution in [0.15, 0.2) is 23.1 Å². The Bertz CT molecular complexity index is 590. The van der Waals surface area contributed by atoms with Crippen molar-refractivity contribution in [2.75, 3.05) is 13.2 Å². The number of hydrogen-bond donors (Lipinski definition) is 1. The van der Waals surface area contributed by atoms with E-state index in [1.165, 1.54) is 12.1 Å². The third-order valence-corrected chi connectivity index (χ3v) is 4.18. The van der Waals surface area contributed by atoms with Gasteiger partial charge in [-0.15, -0.1) is 0 Å². The molecule has 1 N–H and O–H groups in total. The van der Waals surface area contributed by atoms with Crippen molar-refractivity contribution in [3.05, 3.63) is 33.3 Å². The summed E-state index contributed by atoms with van der Waals surface area (Å²) in [5.74, 6) is 0. The number of nitro benzene ring substituents is 1. The molecule has 0 spiro atoms. The maximum Gasteiger partial charge on any atom is 0.289 e. The molecule has 0 saturated heterocycles. The first-order valence-corrected chi connectivity index (χ1v) is 7.69. The fourth-order valence-corrected chi connectivity index (χ4v) is 2.77. The average molecular weight is 323 g/mol. The van der Waals surface area contributed by atoms with E-state index < -0.39 is 20.6 Å². The molecule has 0 aliphatic carbocycles. The summed E-state index contributed by atoms with van der Waals surface area (Å²) < 4.78 is 31.5. The van der Waals surface area contributed by atoms with Gasteiger partial charge in [-0.05, 0) is 26.0 Å². The van der Waals surface area contributed by atoms with E-state index in [1.807, 2.05) is 0 Å². The lowest BCUT2D eigenvalue weighted by Crippen LogP contribution is -2.32. The van der Waals surface area contributed by atoms with Crippen LogP contribution in [0.25, 0.3) is 0 Å². The monoisotopic (exact) mass is 322 g/mol. The highest BCUT2D eigenvalue weighted by atomic mass is 35.5. The van der Waals surface area contributed by atoms with Crippen molar-refractivity contribution >= 4 is 27.3 Å². The maximum absolute atomic E-state index is 12.0. The van der Waals surface area contributed by atoms with Crippen LogP contribution in [0.3, 0.4) is 0 Å². The fraction of sp³-hybridized carbons (Fsp3) is 0.455. The predicted molar refractivity (Wildman–Crippen MR) is 74.4 cm³/mol. The molecule has 0 aliphatic heterocycles. The number of sulfonamides is 1.